The molecule has 0 fully saturated rings. The van der Waals surface area contributed by atoms with Gasteiger partial charge < -0.3 is 19.5 Å². The molecule has 8 heteroatoms. The van der Waals surface area contributed by atoms with Crippen LogP contribution in [0.5, 0.6) is 5.75 Å². The van der Waals surface area contributed by atoms with Gasteiger partial charge in [-0.05, 0) is 77.0 Å². The third kappa shape index (κ3) is 10.4. The quantitative estimate of drug-likeness (QED) is 0.327. The summed E-state index contributed by atoms with van der Waals surface area (Å²) in [5, 5.41) is 3.56. The molecule has 0 bridgehead atoms. The molecule has 33 heavy (non-hydrogen) atoms. The van der Waals surface area contributed by atoms with Gasteiger partial charge in [0.05, 0.1) is 5.02 Å². The van der Waals surface area contributed by atoms with Crippen molar-refractivity contribution in [3.8, 4) is 5.75 Å². The summed E-state index contributed by atoms with van der Waals surface area (Å²) in [4.78, 5) is 25.4. The van der Waals surface area contributed by atoms with Crippen molar-refractivity contribution in [2.45, 2.75) is 98.5 Å². The number of esters is 1. The molecule has 1 amide bonds. The maximum absolute atomic E-state index is 13.1. The molecule has 1 aromatic carbocycles. The second-order valence-corrected chi connectivity index (χ2v) is 10.5. The molecule has 0 aliphatic rings. The molecule has 1 aromatic rings. The Bertz CT molecular complexity index is 775. The number of alkyl carbamates (subject to hydrolysis) is 1. The largest absolute Gasteiger partial charge is 0.485 e. The van der Waals surface area contributed by atoms with E-state index in [1.54, 1.807) is 45.9 Å². The standard InChI is InChI=1S/C25H39Cl2NO5/c1-9-17(10-2)22(32-21-12-11-18(26)14-19(21)27)16(5)31-23(29)20(13-15(3)4)28-24(30)33-25(6,7)8/h11-12,14-17,20,22H,9-10,13H2,1-8H3,(H,28,30)/t16-,20-,22+/m0/s1. The van der Waals surface area contributed by atoms with Crippen molar-refractivity contribution in [1.82, 2.24) is 5.32 Å². The van der Waals surface area contributed by atoms with E-state index in [4.69, 9.17) is 37.4 Å². The smallest absolute Gasteiger partial charge is 0.408 e. The SMILES string of the molecule is CCC(CC)[C@H](Oc1ccc(Cl)cc1Cl)[C@H](C)OC(=O)[C@H](CC(C)C)NC(=O)OC(C)(C)C. The van der Waals surface area contributed by atoms with Crippen LogP contribution >= 0.6 is 23.2 Å². The average molecular weight is 504 g/mol. The van der Waals surface area contributed by atoms with Gasteiger partial charge in [-0.15, -0.1) is 0 Å². The summed E-state index contributed by atoms with van der Waals surface area (Å²) in [6, 6.07) is 4.19. The monoisotopic (exact) mass is 503 g/mol. The summed E-state index contributed by atoms with van der Waals surface area (Å²) in [5.74, 6) is 0.240. The number of benzene rings is 1. The first-order valence-corrected chi connectivity index (χ1v) is 12.3. The highest BCUT2D eigenvalue weighted by atomic mass is 35.5. The zero-order chi connectivity index (χ0) is 25.3. The van der Waals surface area contributed by atoms with Gasteiger partial charge in [0.1, 0.15) is 29.6 Å². The first kappa shape index (κ1) is 29.4. The fourth-order valence-electron chi connectivity index (χ4n) is 3.51. The molecule has 0 radical (unpaired) electrons. The lowest BCUT2D eigenvalue weighted by Gasteiger charge is -2.32. The zero-order valence-corrected chi connectivity index (χ0v) is 22.5. The summed E-state index contributed by atoms with van der Waals surface area (Å²) in [7, 11) is 0. The molecule has 0 aliphatic heterocycles. The molecule has 0 unspecified atom stereocenters. The fourth-order valence-corrected chi connectivity index (χ4v) is 3.97. The van der Waals surface area contributed by atoms with E-state index in [1.165, 1.54) is 0 Å². The molecule has 0 saturated carbocycles. The summed E-state index contributed by atoms with van der Waals surface area (Å²) >= 11 is 12.3. The van der Waals surface area contributed by atoms with Crippen LogP contribution in [-0.2, 0) is 14.3 Å². The molecular formula is C25H39Cl2NO5. The normalized spacial score (nSPS) is 14.5. The van der Waals surface area contributed by atoms with Crippen LogP contribution in [0.25, 0.3) is 0 Å². The number of carbonyl (C=O) groups excluding carboxylic acids is 2. The van der Waals surface area contributed by atoms with Gasteiger partial charge in [-0.25, -0.2) is 9.59 Å². The minimum atomic E-state index is -0.830. The van der Waals surface area contributed by atoms with Crippen molar-refractivity contribution in [2.75, 3.05) is 0 Å². The summed E-state index contributed by atoms with van der Waals surface area (Å²) < 4.78 is 17.4. The molecule has 3 atom stereocenters. The number of carbonyl (C=O) groups is 2. The van der Waals surface area contributed by atoms with Gasteiger partial charge in [-0.1, -0.05) is 50.9 Å². The Balaban J connectivity index is 3.03. The van der Waals surface area contributed by atoms with Gasteiger partial charge in [0.25, 0.3) is 0 Å². The molecule has 0 aliphatic carbocycles. The van der Waals surface area contributed by atoms with Crippen LogP contribution in [0.4, 0.5) is 4.79 Å². The van der Waals surface area contributed by atoms with Crippen molar-refractivity contribution in [3.05, 3.63) is 28.2 Å². The van der Waals surface area contributed by atoms with Crippen LogP contribution in [-0.4, -0.2) is 35.9 Å². The van der Waals surface area contributed by atoms with Crippen LogP contribution in [0.3, 0.4) is 0 Å². The predicted octanol–water partition coefficient (Wildman–Crippen LogP) is 7.05. The maximum Gasteiger partial charge on any atom is 0.408 e. The van der Waals surface area contributed by atoms with Crippen molar-refractivity contribution >= 4 is 35.3 Å². The van der Waals surface area contributed by atoms with Crippen LogP contribution in [0, 0.1) is 11.8 Å². The van der Waals surface area contributed by atoms with E-state index >= 15 is 0 Å². The van der Waals surface area contributed by atoms with Gasteiger partial charge in [-0.3, -0.25) is 0 Å². The fraction of sp³-hybridized carbons (Fsp3) is 0.680. The van der Waals surface area contributed by atoms with Gasteiger partial charge in [0, 0.05) is 5.02 Å². The van der Waals surface area contributed by atoms with E-state index in [1.807, 2.05) is 13.8 Å². The molecule has 1 N–H and O–H groups in total. The first-order chi connectivity index (χ1) is 15.3. The van der Waals surface area contributed by atoms with Crippen molar-refractivity contribution in [2.24, 2.45) is 11.8 Å². The number of amides is 1. The molecule has 1 rings (SSSR count). The lowest BCUT2D eigenvalue weighted by atomic mass is 9.93. The Morgan fingerprint density at radius 1 is 1.06 bits per heavy atom. The van der Waals surface area contributed by atoms with Crippen LogP contribution in [0.2, 0.25) is 10.0 Å². The van der Waals surface area contributed by atoms with Crippen LogP contribution in [0.1, 0.15) is 74.7 Å². The molecule has 0 aromatic heterocycles. The van der Waals surface area contributed by atoms with E-state index in [2.05, 4.69) is 19.2 Å². The minimum Gasteiger partial charge on any atom is -0.485 e. The van der Waals surface area contributed by atoms with E-state index in [0.717, 1.165) is 12.8 Å². The van der Waals surface area contributed by atoms with Crippen LogP contribution < -0.4 is 10.1 Å². The first-order valence-electron chi connectivity index (χ1n) is 11.6. The maximum atomic E-state index is 13.1. The van der Waals surface area contributed by atoms with E-state index < -0.39 is 35.9 Å². The molecule has 188 valence electrons. The Hall–Kier alpha value is -1.66. The Morgan fingerprint density at radius 3 is 2.15 bits per heavy atom. The van der Waals surface area contributed by atoms with E-state index in [0.29, 0.717) is 22.2 Å². The third-order valence-corrected chi connectivity index (χ3v) is 5.65. The summed E-state index contributed by atoms with van der Waals surface area (Å²) in [6.45, 7) is 15.2. The molecular weight excluding hydrogens is 465 g/mol. The Morgan fingerprint density at radius 2 is 1.67 bits per heavy atom. The highest BCUT2D eigenvalue weighted by Crippen LogP contribution is 2.32. The summed E-state index contributed by atoms with van der Waals surface area (Å²) in [5.41, 5.74) is -0.671. The van der Waals surface area contributed by atoms with Crippen molar-refractivity contribution in [3.63, 3.8) is 0 Å². The van der Waals surface area contributed by atoms with Crippen molar-refractivity contribution in [1.29, 1.82) is 0 Å². The highest BCUT2D eigenvalue weighted by Gasteiger charge is 2.33. The number of rotatable bonds is 11. The van der Waals surface area contributed by atoms with Gasteiger partial charge in [0.15, 0.2) is 0 Å². The molecule has 0 spiro atoms. The topological polar surface area (TPSA) is 73.9 Å². The lowest BCUT2D eigenvalue weighted by molar-refractivity contribution is -0.157. The van der Waals surface area contributed by atoms with Crippen molar-refractivity contribution < 1.29 is 23.8 Å². The molecule has 6 nitrogen and oxygen atoms in total. The number of hydrogen-bond donors (Lipinski definition) is 1. The zero-order valence-electron chi connectivity index (χ0n) is 21.0. The number of hydrogen-bond acceptors (Lipinski definition) is 5. The Kier molecular flexibility index (Phi) is 11.8. The second-order valence-electron chi connectivity index (χ2n) is 9.70. The second kappa shape index (κ2) is 13.3. The lowest BCUT2D eigenvalue weighted by Crippen LogP contribution is -2.47. The number of halogens is 2. The van der Waals surface area contributed by atoms with E-state index in [9.17, 15) is 9.59 Å². The number of nitrogens with one attached hydrogen (secondary N) is 1. The Labute approximate surface area is 208 Å². The molecule has 0 saturated heterocycles. The predicted molar refractivity (Wildman–Crippen MR) is 133 cm³/mol. The molecule has 0 heterocycles. The minimum absolute atomic E-state index is 0.127. The number of ether oxygens (including phenoxy) is 3. The van der Waals surface area contributed by atoms with Gasteiger partial charge in [-0.2, -0.15) is 0 Å². The van der Waals surface area contributed by atoms with Crippen LogP contribution in [0.15, 0.2) is 18.2 Å². The highest BCUT2D eigenvalue weighted by molar-refractivity contribution is 6.35. The third-order valence-electron chi connectivity index (χ3n) is 5.12. The summed E-state index contributed by atoms with van der Waals surface area (Å²) in [6.07, 6.45) is 0.427. The average Bonchev–Trinajstić information content (AvgIpc) is 2.67. The van der Waals surface area contributed by atoms with Gasteiger partial charge in [0.2, 0.25) is 0 Å². The van der Waals surface area contributed by atoms with Gasteiger partial charge >= 0.3 is 12.1 Å². The van der Waals surface area contributed by atoms with E-state index in [-0.39, 0.29) is 11.8 Å².